The van der Waals surface area contributed by atoms with E-state index in [9.17, 15) is 0 Å². The number of ether oxygens (including phenoxy) is 2. The third kappa shape index (κ3) is 7.66. The van der Waals surface area contributed by atoms with Gasteiger partial charge in [-0.3, -0.25) is 4.99 Å². The molecule has 0 aliphatic rings. The van der Waals surface area contributed by atoms with E-state index in [4.69, 9.17) is 14.5 Å². The number of aryl methyl sites for hydroxylation is 1. The number of hydrogen-bond donors (Lipinski definition) is 2. The highest BCUT2D eigenvalue weighted by atomic mass is 127. The van der Waals surface area contributed by atoms with Gasteiger partial charge >= 0.3 is 0 Å². The predicted molar refractivity (Wildman–Crippen MR) is 131 cm³/mol. The van der Waals surface area contributed by atoms with E-state index in [1.807, 2.05) is 18.2 Å². The topological polar surface area (TPSA) is 85.6 Å². The molecule has 9 heteroatoms. The minimum absolute atomic E-state index is 0. The van der Waals surface area contributed by atoms with Gasteiger partial charge in [0.2, 0.25) is 0 Å². The average Bonchev–Trinajstić information content (AvgIpc) is 3.18. The molecule has 2 rings (SSSR count). The van der Waals surface area contributed by atoms with Gasteiger partial charge in [-0.1, -0.05) is 20.8 Å². The molecule has 1 aromatic heterocycles. The van der Waals surface area contributed by atoms with Crippen molar-refractivity contribution in [2.45, 2.75) is 46.7 Å². The van der Waals surface area contributed by atoms with Crippen LogP contribution in [0, 0.1) is 5.92 Å². The Bertz CT molecular complexity index is 794. The zero-order valence-corrected chi connectivity index (χ0v) is 21.1. The fourth-order valence-electron chi connectivity index (χ4n) is 2.92. The van der Waals surface area contributed by atoms with Crippen LogP contribution in [0.3, 0.4) is 0 Å². The van der Waals surface area contributed by atoms with E-state index in [0.717, 1.165) is 54.9 Å². The van der Waals surface area contributed by atoms with E-state index in [2.05, 4.69) is 53.1 Å². The summed E-state index contributed by atoms with van der Waals surface area (Å²) in [4.78, 5) is 4.73. The van der Waals surface area contributed by atoms with Crippen molar-refractivity contribution in [3.63, 3.8) is 0 Å². The molecule has 1 aromatic carbocycles. The lowest BCUT2D eigenvalue weighted by Crippen LogP contribution is -2.40. The highest BCUT2D eigenvalue weighted by Gasteiger charge is 2.15. The Morgan fingerprint density at radius 1 is 1.20 bits per heavy atom. The van der Waals surface area contributed by atoms with Crippen LogP contribution in [0.4, 0.5) is 0 Å². The molecular formula is C21H35IN6O2. The lowest BCUT2D eigenvalue weighted by Gasteiger charge is -2.21. The van der Waals surface area contributed by atoms with Crippen LogP contribution in [-0.2, 0) is 13.0 Å². The zero-order chi connectivity index (χ0) is 21.2. The summed E-state index contributed by atoms with van der Waals surface area (Å²) in [7, 11) is 3.34. The molecule has 0 radical (unpaired) electrons. The Morgan fingerprint density at radius 3 is 2.60 bits per heavy atom. The highest BCUT2D eigenvalue weighted by Crippen LogP contribution is 2.29. The minimum atomic E-state index is -0.0143. The Hall–Kier alpha value is -2.04. The molecule has 0 bridgehead atoms. The summed E-state index contributed by atoms with van der Waals surface area (Å²) in [5.74, 6) is 3.82. The van der Waals surface area contributed by atoms with Crippen molar-refractivity contribution in [3.05, 3.63) is 35.9 Å². The second-order valence-electron chi connectivity index (χ2n) is 7.28. The van der Waals surface area contributed by atoms with Crippen LogP contribution < -0.4 is 20.1 Å². The van der Waals surface area contributed by atoms with Crippen LogP contribution in [0.2, 0.25) is 0 Å². The van der Waals surface area contributed by atoms with Crippen molar-refractivity contribution in [3.8, 4) is 11.5 Å². The van der Waals surface area contributed by atoms with Crippen LogP contribution in [0.25, 0.3) is 0 Å². The second kappa shape index (κ2) is 13.3. The van der Waals surface area contributed by atoms with E-state index >= 15 is 0 Å². The Labute approximate surface area is 196 Å². The fraction of sp³-hybridized carbons (Fsp3) is 0.571. The van der Waals surface area contributed by atoms with Crippen molar-refractivity contribution in [2.24, 2.45) is 10.9 Å². The summed E-state index contributed by atoms with van der Waals surface area (Å²) in [6, 6.07) is 5.79. The number of halogens is 1. The molecule has 1 atom stereocenters. The first kappa shape index (κ1) is 26.0. The molecule has 1 unspecified atom stereocenters. The Kier molecular flexibility index (Phi) is 11.5. The van der Waals surface area contributed by atoms with Gasteiger partial charge in [0.15, 0.2) is 5.96 Å². The molecular weight excluding hydrogens is 495 g/mol. The zero-order valence-electron chi connectivity index (χ0n) is 18.8. The van der Waals surface area contributed by atoms with Gasteiger partial charge in [-0.05, 0) is 31.0 Å². The van der Waals surface area contributed by atoms with Crippen LogP contribution >= 0.6 is 24.0 Å². The van der Waals surface area contributed by atoms with Crippen LogP contribution in [0.1, 0.15) is 45.1 Å². The fourth-order valence-corrected chi connectivity index (χ4v) is 2.92. The molecule has 0 aliphatic heterocycles. The first-order valence-corrected chi connectivity index (χ1v) is 10.1. The third-order valence-electron chi connectivity index (χ3n) is 4.53. The van der Waals surface area contributed by atoms with Gasteiger partial charge < -0.3 is 24.7 Å². The molecule has 0 aliphatic carbocycles. The van der Waals surface area contributed by atoms with E-state index in [1.54, 1.807) is 20.5 Å². The molecule has 168 valence electrons. The standard InChI is InChI=1S/C21H34N6O2.HI/c1-7-20-26-24-14-27(20)11-10-22-21(23-13-15(2)3)25-16(4)18-12-17(28-5)8-9-19(18)29-6;/h8-9,12,14-16H,7,10-11,13H2,1-6H3,(H2,22,23,25);1H. The van der Waals surface area contributed by atoms with Gasteiger partial charge in [0.25, 0.3) is 0 Å². The minimum Gasteiger partial charge on any atom is -0.497 e. The number of hydrogen-bond acceptors (Lipinski definition) is 5. The lowest BCUT2D eigenvalue weighted by molar-refractivity contribution is 0.394. The second-order valence-corrected chi connectivity index (χ2v) is 7.28. The van der Waals surface area contributed by atoms with Crippen molar-refractivity contribution >= 4 is 29.9 Å². The van der Waals surface area contributed by atoms with Crippen LogP contribution in [0.15, 0.2) is 29.5 Å². The van der Waals surface area contributed by atoms with E-state index in [1.165, 1.54) is 0 Å². The van der Waals surface area contributed by atoms with Crippen LogP contribution in [-0.4, -0.2) is 48.0 Å². The van der Waals surface area contributed by atoms with E-state index in [-0.39, 0.29) is 30.0 Å². The number of guanidine groups is 1. The molecule has 30 heavy (non-hydrogen) atoms. The van der Waals surface area contributed by atoms with Gasteiger partial charge in [-0.25, -0.2) is 0 Å². The summed E-state index contributed by atoms with van der Waals surface area (Å²) in [6.45, 7) is 10.7. The summed E-state index contributed by atoms with van der Waals surface area (Å²) in [6.07, 6.45) is 2.63. The molecule has 2 aromatic rings. The lowest BCUT2D eigenvalue weighted by atomic mass is 10.1. The van der Waals surface area contributed by atoms with E-state index < -0.39 is 0 Å². The van der Waals surface area contributed by atoms with Gasteiger partial charge in [-0.2, -0.15) is 0 Å². The Morgan fingerprint density at radius 2 is 1.97 bits per heavy atom. The first-order chi connectivity index (χ1) is 14.0. The number of nitrogens with one attached hydrogen (secondary N) is 2. The first-order valence-electron chi connectivity index (χ1n) is 10.1. The molecule has 8 nitrogen and oxygen atoms in total. The SMILES string of the molecule is CCc1nncn1CCNC(=NCC(C)C)NC(C)c1cc(OC)ccc1OC.I. The predicted octanol–water partition coefficient (Wildman–Crippen LogP) is 3.43. The van der Waals surface area contributed by atoms with Crippen molar-refractivity contribution in [1.29, 1.82) is 0 Å². The third-order valence-corrected chi connectivity index (χ3v) is 4.53. The summed E-state index contributed by atoms with van der Waals surface area (Å²) in [5.41, 5.74) is 1.01. The normalized spacial score (nSPS) is 12.3. The molecule has 2 N–H and O–H groups in total. The summed E-state index contributed by atoms with van der Waals surface area (Å²) >= 11 is 0. The molecule has 0 amide bonds. The van der Waals surface area contributed by atoms with Crippen molar-refractivity contribution < 1.29 is 9.47 Å². The number of nitrogens with zero attached hydrogens (tertiary/aromatic N) is 4. The van der Waals surface area contributed by atoms with Gasteiger partial charge in [-0.15, -0.1) is 34.2 Å². The molecule has 0 saturated carbocycles. The molecule has 0 fully saturated rings. The van der Waals surface area contributed by atoms with Crippen molar-refractivity contribution in [1.82, 2.24) is 25.4 Å². The maximum absolute atomic E-state index is 5.53. The van der Waals surface area contributed by atoms with Gasteiger partial charge in [0.05, 0.1) is 20.3 Å². The number of benzene rings is 1. The summed E-state index contributed by atoms with van der Waals surface area (Å²) < 4.78 is 13.0. The van der Waals surface area contributed by atoms with E-state index in [0.29, 0.717) is 5.92 Å². The monoisotopic (exact) mass is 530 g/mol. The quantitative estimate of drug-likeness (QED) is 0.278. The number of aromatic nitrogens is 3. The maximum atomic E-state index is 5.53. The highest BCUT2D eigenvalue weighted by molar-refractivity contribution is 14.0. The van der Waals surface area contributed by atoms with Gasteiger partial charge in [0.1, 0.15) is 23.7 Å². The molecule has 1 heterocycles. The maximum Gasteiger partial charge on any atom is 0.191 e. The number of aliphatic imine (C=N–C) groups is 1. The number of rotatable bonds is 10. The Balaban J connectivity index is 0.00000450. The smallest absolute Gasteiger partial charge is 0.191 e. The summed E-state index contributed by atoms with van der Waals surface area (Å²) in [5, 5.41) is 15.0. The number of methoxy groups -OCH3 is 2. The average molecular weight is 530 g/mol. The van der Waals surface area contributed by atoms with Crippen LogP contribution in [0.5, 0.6) is 11.5 Å². The molecule has 0 saturated heterocycles. The van der Waals surface area contributed by atoms with Crippen molar-refractivity contribution in [2.75, 3.05) is 27.3 Å². The van der Waals surface area contributed by atoms with Gasteiger partial charge in [0, 0.05) is 31.6 Å². The molecule has 0 spiro atoms. The largest absolute Gasteiger partial charge is 0.497 e.